The number of rotatable bonds is 7. The van der Waals surface area contributed by atoms with Crippen LogP contribution >= 0.6 is 0 Å². The average Bonchev–Trinajstić information content (AvgIpc) is 3.23. The first kappa shape index (κ1) is 27.4. The normalized spacial score (nSPS) is 23.2. The lowest BCUT2D eigenvalue weighted by atomic mass is 10.1. The Bertz CT molecular complexity index is 725. The Morgan fingerprint density at radius 1 is 1.07 bits per heavy atom. The average molecular weight is 453 g/mol. The SMILES string of the molecule is CC(=C=CC#CC1(C)OC1CO[Si](C)(C)C(C)(C)C)C(O)CO[Si](C)(C)C(C)(C)C. The molecule has 0 aromatic heterocycles. The molecule has 172 valence electrons. The van der Waals surface area contributed by atoms with Gasteiger partial charge < -0.3 is 18.7 Å². The van der Waals surface area contributed by atoms with Crippen LogP contribution in [0.15, 0.2) is 17.4 Å². The van der Waals surface area contributed by atoms with Crippen molar-refractivity contribution in [3.05, 3.63) is 17.4 Å². The van der Waals surface area contributed by atoms with E-state index in [0.717, 1.165) is 5.57 Å². The van der Waals surface area contributed by atoms with E-state index in [4.69, 9.17) is 13.6 Å². The predicted octanol–water partition coefficient (Wildman–Crippen LogP) is 5.65. The first-order valence-electron chi connectivity index (χ1n) is 10.9. The van der Waals surface area contributed by atoms with Crippen LogP contribution in [0.25, 0.3) is 0 Å². The summed E-state index contributed by atoms with van der Waals surface area (Å²) in [5.74, 6) is 6.16. The zero-order valence-corrected chi connectivity index (χ0v) is 23.3. The molecular formula is C24H44O4Si2. The quantitative estimate of drug-likeness (QED) is 0.235. The molecule has 0 bridgehead atoms. The van der Waals surface area contributed by atoms with Crippen molar-refractivity contribution in [2.45, 2.75) is 109 Å². The molecule has 1 fully saturated rings. The Hall–Kier alpha value is -0.646. The van der Waals surface area contributed by atoms with Crippen molar-refractivity contribution in [2.75, 3.05) is 13.2 Å². The summed E-state index contributed by atoms with van der Waals surface area (Å²) in [5.41, 5.74) is 3.34. The van der Waals surface area contributed by atoms with Gasteiger partial charge in [0.05, 0.1) is 13.2 Å². The lowest BCUT2D eigenvalue weighted by Crippen LogP contribution is -2.42. The number of epoxide rings is 1. The molecule has 3 unspecified atom stereocenters. The van der Waals surface area contributed by atoms with E-state index < -0.39 is 28.3 Å². The third-order valence-corrected chi connectivity index (χ3v) is 15.9. The molecular weight excluding hydrogens is 408 g/mol. The minimum atomic E-state index is -1.87. The molecule has 0 saturated carbocycles. The summed E-state index contributed by atoms with van der Waals surface area (Å²) in [6, 6.07) is 0. The van der Waals surface area contributed by atoms with Gasteiger partial charge in [0.15, 0.2) is 22.2 Å². The summed E-state index contributed by atoms with van der Waals surface area (Å²) in [6.45, 7) is 26.8. The van der Waals surface area contributed by atoms with E-state index in [1.54, 1.807) is 6.08 Å². The maximum absolute atomic E-state index is 10.4. The Kier molecular flexibility index (Phi) is 8.64. The van der Waals surface area contributed by atoms with Crippen molar-refractivity contribution in [2.24, 2.45) is 0 Å². The second-order valence-corrected chi connectivity index (χ2v) is 21.2. The molecule has 6 heteroatoms. The van der Waals surface area contributed by atoms with Crippen LogP contribution in [0.4, 0.5) is 0 Å². The van der Waals surface area contributed by atoms with Gasteiger partial charge in [-0.2, -0.15) is 0 Å². The van der Waals surface area contributed by atoms with Crippen LogP contribution in [-0.2, 0) is 13.6 Å². The molecule has 4 nitrogen and oxygen atoms in total. The highest BCUT2D eigenvalue weighted by Crippen LogP contribution is 2.40. The fraction of sp³-hybridized carbons (Fsp3) is 0.792. The molecule has 1 aliphatic rings. The second-order valence-electron chi connectivity index (χ2n) is 11.6. The van der Waals surface area contributed by atoms with Crippen molar-refractivity contribution in [3.8, 4) is 11.8 Å². The topological polar surface area (TPSA) is 51.2 Å². The predicted molar refractivity (Wildman–Crippen MR) is 131 cm³/mol. The number of aliphatic hydroxyl groups is 1. The molecule has 0 aromatic rings. The van der Waals surface area contributed by atoms with Gasteiger partial charge in [0.1, 0.15) is 12.2 Å². The van der Waals surface area contributed by atoms with E-state index in [1.807, 2.05) is 13.8 Å². The number of ether oxygens (including phenoxy) is 1. The monoisotopic (exact) mass is 452 g/mol. The van der Waals surface area contributed by atoms with Crippen LogP contribution in [0.3, 0.4) is 0 Å². The largest absolute Gasteiger partial charge is 0.414 e. The molecule has 0 aliphatic carbocycles. The fourth-order valence-corrected chi connectivity index (χ4v) is 4.13. The number of aliphatic hydroxyl groups excluding tert-OH is 1. The molecule has 0 aromatic carbocycles. The van der Waals surface area contributed by atoms with Gasteiger partial charge in [-0.05, 0) is 55.7 Å². The van der Waals surface area contributed by atoms with Gasteiger partial charge in [0.25, 0.3) is 0 Å². The van der Waals surface area contributed by atoms with Crippen LogP contribution in [0.5, 0.6) is 0 Å². The summed E-state index contributed by atoms with van der Waals surface area (Å²) in [4.78, 5) is 0. The Morgan fingerprint density at radius 2 is 1.57 bits per heavy atom. The first-order valence-corrected chi connectivity index (χ1v) is 16.7. The zero-order valence-electron chi connectivity index (χ0n) is 21.3. The third-order valence-electron chi connectivity index (χ3n) is 6.95. The van der Waals surface area contributed by atoms with E-state index in [9.17, 15) is 5.11 Å². The van der Waals surface area contributed by atoms with Crippen LogP contribution in [0.2, 0.25) is 36.3 Å². The standard InChI is InChI=1S/C24H44O4Si2/c1-19(20(25)17-26-29(9,10)22(2,3)4)15-13-14-16-24(8)21(28-24)18-27-30(11,12)23(5,6)7/h13,20-21,25H,17-18H2,1-12H3. The van der Waals surface area contributed by atoms with Crippen molar-refractivity contribution in [1.29, 1.82) is 0 Å². The van der Waals surface area contributed by atoms with Gasteiger partial charge in [0.2, 0.25) is 0 Å². The molecule has 30 heavy (non-hydrogen) atoms. The minimum Gasteiger partial charge on any atom is -0.414 e. The van der Waals surface area contributed by atoms with Crippen LogP contribution in [0.1, 0.15) is 55.4 Å². The summed E-state index contributed by atoms with van der Waals surface area (Å²) in [5, 5.41) is 10.7. The second kappa shape index (κ2) is 9.46. The van der Waals surface area contributed by atoms with E-state index in [-0.39, 0.29) is 16.2 Å². The molecule has 1 rings (SSSR count). The number of hydrogen-bond acceptors (Lipinski definition) is 4. The fourth-order valence-electron chi connectivity index (χ4n) is 2.12. The summed E-state index contributed by atoms with van der Waals surface area (Å²) >= 11 is 0. The summed E-state index contributed by atoms with van der Waals surface area (Å²) < 4.78 is 18.1. The van der Waals surface area contributed by atoms with E-state index in [1.165, 1.54) is 0 Å². The van der Waals surface area contributed by atoms with Gasteiger partial charge >= 0.3 is 0 Å². The molecule has 1 heterocycles. The van der Waals surface area contributed by atoms with Crippen molar-refractivity contribution < 1.29 is 18.7 Å². The Balaban J connectivity index is 2.60. The van der Waals surface area contributed by atoms with Crippen LogP contribution in [0, 0.1) is 11.8 Å². The van der Waals surface area contributed by atoms with E-state index in [0.29, 0.717) is 13.2 Å². The molecule has 1 aliphatic heterocycles. The minimum absolute atomic E-state index is 0.0150. The summed E-state index contributed by atoms with van der Waals surface area (Å²) in [6.07, 6.45) is 1.00. The molecule has 0 spiro atoms. The lowest BCUT2D eigenvalue weighted by molar-refractivity contribution is 0.127. The van der Waals surface area contributed by atoms with Crippen molar-refractivity contribution in [1.82, 2.24) is 0 Å². The van der Waals surface area contributed by atoms with Gasteiger partial charge in [-0.1, -0.05) is 53.4 Å². The maximum Gasteiger partial charge on any atom is 0.192 e. The third kappa shape index (κ3) is 7.49. The highest BCUT2D eigenvalue weighted by atomic mass is 28.4. The number of hydrogen-bond donors (Lipinski definition) is 1. The van der Waals surface area contributed by atoms with Crippen LogP contribution in [-0.4, -0.2) is 52.8 Å². The summed E-state index contributed by atoms with van der Waals surface area (Å²) in [7, 11) is -3.65. The molecule has 1 saturated heterocycles. The smallest absolute Gasteiger partial charge is 0.192 e. The van der Waals surface area contributed by atoms with Crippen molar-refractivity contribution >= 4 is 16.6 Å². The molecule has 0 radical (unpaired) electrons. The van der Waals surface area contributed by atoms with Gasteiger partial charge in [-0.3, -0.25) is 0 Å². The Labute approximate surface area is 187 Å². The van der Waals surface area contributed by atoms with Gasteiger partial charge in [-0.25, -0.2) is 0 Å². The molecule has 3 atom stereocenters. The molecule has 0 amide bonds. The molecule has 1 N–H and O–H groups in total. The lowest BCUT2D eigenvalue weighted by Gasteiger charge is -2.36. The zero-order chi connectivity index (χ0) is 23.6. The van der Waals surface area contributed by atoms with Crippen molar-refractivity contribution in [3.63, 3.8) is 0 Å². The van der Waals surface area contributed by atoms with E-state index in [2.05, 4.69) is 85.3 Å². The van der Waals surface area contributed by atoms with Crippen LogP contribution < -0.4 is 0 Å². The van der Waals surface area contributed by atoms with Gasteiger partial charge in [-0.15, -0.1) is 5.73 Å². The van der Waals surface area contributed by atoms with E-state index >= 15 is 0 Å². The maximum atomic E-state index is 10.4. The Morgan fingerprint density at radius 3 is 2.07 bits per heavy atom. The highest BCUT2D eigenvalue weighted by Gasteiger charge is 2.52. The van der Waals surface area contributed by atoms with Gasteiger partial charge in [0, 0.05) is 6.08 Å². The first-order chi connectivity index (χ1) is 13.3. The highest BCUT2D eigenvalue weighted by molar-refractivity contribution is 6.74.